The minimum atomic E-state index is -4.71. The molecule has 17 heteroatoms. The van der Waals surface area contributed by atoms with Gasteiger partial charge in [0.1, 0.15) is 0 Å². The van der Waals surface area contributed by atoms with E-state index in [1.807, 2.05) is 11.6 Å². The smallest absolute Gasteiger partial charge is 0.435 e. The summed E-state index contributed by atoms with van der Waals surface area (Å²) in [6.07, 6.45) is -5.74. The highest BCUT2D eigenvalue weighted by Crippen LogP contribution is 2.33. The highest BCUT2D eigenvalue weighted by molar-refractivity contribution is 7.90. The van der Waals surface area contributed by atoms with Crippen LogP contribution < -0.4 is 4.72 Å². The molecule has 4 rings (SSSR count). The number of esters is 1. The monoisotopic (exact) mass is 666 g/mol. The predicted molar refractivity (Wildman–Crippen MR) is 156 cm³/mol. The maximum absolute atomic E-state index is 13.5. The molecule has 1 aliphatic heterocycles. The van der Waals surface area contributed by atoms with Crippen LogP contribution in [-0.4, -0.2) is 59.4 Å². The maximum Gasteiger partial charge on any atom is 0.435 e. The van der Waals surface area contributed by atoms with E-state index in [-0.39, 0.29) is 40.8 Å². The second-order valence-corrected chi connectivity index (χ2v) is 13.4. The fourth-order valence-electron chi connectivity index (χ4n) is 4.31. The first-order valence-electron chi connectivity index (χ1n) is 14.1. The number of sulfonamides is 1. The molecule has 1 aromatic heterocycles. The van der Waals surface area contributed by atoms with Crippen molar-refractivity contribution in [2.75, 3.05) is 13.1 Å². The van der Waals surface area contributed by atoms with Crippen LogP contribution in [0.5, 0.6) is 0 Å². The highest BCUT2D eigenvalue weighted by atomic mass is 32.2. The number of halogens is 3. The van der Waals surface area contributed by atoms with Crippen molar-refractivity contribution in [1.29, 1.82) is 0 Å². The van der Waals surface area contributed by atoms with Gasteiger partial charge in [-0.3, -0.25) is 14.4 Å². The number of nitrogens with zero attached hydrogens (tertiary/aromatic N) is 5. The summed E-state index contributed by atoms with van der Waals surface area (Å²) in [6, 6.07) is 12.5. The molecule has 1 saturated heterocycles. The normalized spacial score (nSPS) is 16.7. The Labute approximate surface area is 263 Å². The number of carbonyl (C=O) groups excluding carboxylic acids is 2. The first-order valence-corrected chi connectivity index (χ1v) is 15.5. The molecule has 1 aliphatic rings. The number of carbonyl (C=O) groups is 2. The van der Waals surface area contributed by atoms with Gasteiger partial charge in [0, 0.05) is 12.5 Å². The summed E-state index contributed by atoms with van der Waals surface area (Å²) >= 11 is 0. The maximum atomic E-state index is 13.5. The van der Waals surface area contributed by atoms with E-state index in [4.69, 9.17) is 9.57 Å². The molecule has 1 amide bonds. The van der Waals surface area contributed by atoms with Crippen LogP contribution in [0.2, 0.25) is 0 Å². The zero-order valence-electron chi connectivity index (χ0n) is 25.6. The number of aromatic nitrogens is 2. The van der Waals surface area contributed by atoms with Gasteiger partial charge in [-0.2, -0.15) is 18.3 Å². The van der Waals surface area contributed by atoms with E-state index in [9.17, 15) is 36.4 Å². The molecule has 0 aliphatic carbocycles. The van der Waals surface area contributed by atoms with Crippen LogP contribution in [0.4, 0.5) is 13.2 Å². The highest BCUT2D eigenvalue weighted by Gasteiger charge is 2.37. The summed E-state index contributed by atoms with van der Waals surface area (Å²) < 4.78 is 74.6. The van der Waals surface area contributed by atoms with Gasteiger partial charge in [-0.05, 0) is 64.4 Å². The van der Waals surface area contributed by atoms with Crippen LogP contribution in [0.1, 0.15) is 45.4 Å². The number of alkyl halides is 3. The minimum absolute atomic E-state index is 0.0620. The Morgan fingerprint density at radius 1 is 1.11 bits per heavy atom. The SMILES string of the molecule is Cc1ccc(-c2cc(C(F)(F)F)nn2-c2ccc(S(=O)(=O)NC(=O)C3CCN([N+]([O-])=NOC(C)OC(=O)C(C)(C)C)C3)cc2)cc1. The topological polar surface area (TPSA) is 158 Å². The molecule has 2 unspecified atom stereocenters. The average molecular weight is 667 g/mol. The summed E-state index contributed by atoms with van der Waals surface area (Å²) in [5, 5.41) is 20.5. The Morgan fingerprint density at radius 3 is 2.33 bits per heavy atom. The van der Waals surface area contributed by atoms with E-state index in [1.165, 1.54) is 19.1 Å². The van der Waals surface area contributed by atoms with Gasteiger partial charge in [-0.25, -0.2) is 17.8 Å². The Kier molecular flexibility index (Phi) is 9.65. The first kappa shape index (κ1) is 34.2. The zero-order valence-corrected chi connectivity index (χ0v) is 26.4. The quantitative estimate of drug-likeness (QED) is 0.112. The molecule has 2 atom stereocenters. The third-order valence-electron chi connectivity index (χ3n) is 6.90. The van der Waals surface area contributed by atoms with Crippen molar-refractivity contribution in [2.24, 2.45) is 16.6 Å². The average Bonchev–Trinajstić information content (AvgIpc) is 3.65. The van der Waals surface area contributed by atoms with Crippen LogP contribution in [0.15, 0.2) is 64.8 Å². The molecule has 3 aromatic rings. The van der Waals surface area contributed by atoms with Crippen molar-refractivity contribution < 1.29 is 45.7 Å². The molecular formula is C29H33F3N6O7S. The number of amides is 1. The zero-order chi connectivity index (χ0) is 34.0. The fourth-order valence-corrected chi connectivity index (χ4v) is 5.35. The molecule has 46 heavy (non-hydrogen) atoms. The van der Waals surface area contributed by atoms with Crippen LogP contribution in [0.25, 0.3) is 16.9 Å². The summed E-state index contributed by atoms with van der Waals surface area (Å²) in [5.74, 6) is -2.32. The number of hydrazine groups is 1. The third-order valence-corrected chi connectivity index (χ3v) is 8.27. The van der Waals surface area contributed by atoms with Gasteiger partial charge in [-0.15, -0.1) is 5.01 Å². The van der Waals surface area contributed by atoms with E-state index in [0.29, 0.717) is 5.56 Å². The van der Waals surface area contributed by atoms with Crippen molar-refractivity contribution in [3.8, 4) is 16.9 Å². The summed E-state index contributed by atoms with van der Waals surface area (Å²) in [6.45, 7) is 8.03. The lowest BCUT2D eigenvalue weighted by Gasteiger charge is -2.19. The third kappa shape index (κ3) is 8.13. The van der Waals surface area contributed by atoms with Crippen LogP contribution in [0.3, 0.4) is 0 Å². The van der Waals surface area contributed by atoms with Gasteiger partial charge in [0.05, 0.1) is 45.7 Å². The van der Waals surface area contributed by atoms with Crippen LogP contribution in [-0.2, 0) is 35.4 Å². The Balaban J connectivity index is 1.42. The lowest BCUT2D eigenvalue weighted by molar-refractivity contribution is -0.709. The van der Waals surface area contributed by atoms with Crippen molar-refractivity contribution >= 4 is 21.9 Å². The summed E-state index contributed by atoms with van der Waals surface area (Å²) in [5.41, 5.74) is -0.227. The standard InChI is InChI=1S/C29H33F3N6O7S/c1-18-6-8-20(9-7-18)24-16-25(29(30,31)32)33-37(24)22-10-12-23(13-11-22)46(42,43)34-26(39)21-14-15-36(17-21)38(41)35-45-19(2)44-27(40)28(3,4)5/h6-13,16,19,21H,14-15,17H2,1-5H3,(H,34,39). The molecule has 2 aromatic carbocycles. The van der Waals surface area contributed by atoms with E-state index < -0.39 is 51.4 Å². The van der Waals surface area contributed by atoms with Crippen LogP contribution >= 0.6 is 0 Å². The molecule has 1 fully saturated rings. The molecule has 0 spiro atoms. The van der Waals surface area contributed by atoms with Gasteiger partial charge in [0.15, 0.2) is 5.69 Å². The van der Waals surface area contributed by atoms with Gasteiger partial charge >= 0.3 is 12.1 Å². The number of hydrogen-bond donors (Lipinski definition) is 1. The van der Waals surface area contributed by atoms with Crippen molar-refractivity contribution in [3.05, 3.63) is 71.1 Å². The fraction of sp³-hybridized carbons (Fsp3) is 0.414. The number of rotatable bonds is 9. The minimum Gasteiger partial charge on any atom is -0.569 e. The summed E-state index contributed by atoms with van der Waals surface area (Å²) in [4.78, 5) is 29.4. The van der Waals surface area contributed by atoms with Gasteiger partial charge in [0.25, 0.3) is 16.3 Å². The molecular weight excluding hydrogens is 633 g/mol. The predicted octanol–water partition coefficient (Wildman–Crippen LogP) is 4.74. The Hall–Kier alpha value is -4.67. The Bertz CT molecular complexity index is 1720. The summed E-state index contributed by atoms with van der Waals surface area (Å²) in [7, 11) is -4.38. The van der Waals surface area contributed by atoms with E-state index in [2.05, 4.69) is 10.4 Å². The molecule has 248 valence electrons. The lowest BCUT2D eigenvalue weighted by Crippen LogP contribution is -2.38. The molecule has 0 saturated carbocycles. The molecule has 1 N–H and O–H groups in total. The van der Waals surface area contributed by atoms with Gasteiger partial charge in [-0.1, -0.05) is 29.8 Å². The number of hydrogen-bond acceptors (Lipinski definition) is 9. The number of aryl methyl sites for hydroxylation is 1. The molecule has 13 nitrogen and oxygen atoms in total. The van der Waals surface area contributed by atoms with Gasteiger partial charge in [0.2, 0.25) is 11.2 Å². The largest absolute Gasteiger partial charge is 0.569 e. The van der Waals surface area contributed by atoms with Crippen molar-refractivity contribution in [1.82, 2.24) is 19.5 Å². The van der Waals surface area contributed by atoms with Crippen molar-refractivity contribution in [2.45, 2.75) is 58.4 Å². The van der Waals surface area contributed by atoms with Crippen LogP contribution in [0, 0.1) is 23.5 Å². The van der Waals surface area contributed by atoms with Crippen molar-refractivity contribution in [3.63, 3.8) is 0 Å². The van der Waals surface area contributed by atoms with E-state index in [1.54, 1.807) is 45.0 Å². The van der Waals surface area contributed by atoms with E-state index >= 15 is 0 Å². The Morgan fingerprint density at radius 2 is 1.74 bits per heavy atom. The molecule has 0 bridgehead atoms. The number of nitrogens with one attached hydrogen (secondary N) is 1. The second kappa shape index (κ2) is 13.0. The molecule has 0 radical (unpaired) electrons. The lowest BCUT2D eigenvalue weighted by atomic mass is 9.97. The first-order chi connectivity index (χ1) is 21.3. The van der Waals surface area contributed by atoms with E-state index in [0.717, 1.165) is 33.5 Å². The van der Waals surface area contributed by atoms with Gasteiger partial charge < -0.3 is 9.94 Å². The molecule has 2 heterocycles. The number of ether oxygens (including phenoxy) is 1. The number of benzene rings is 2. The second-order valence-electron chi connectivity index (χ2n) is 11.7.